The van der Waals surface area contributed by atoms with E-state index in [2.05, 4.69) is 33.0 Å². The lowest BCUT2D eigenvalue weighted by Gasteiger charge is -2.00. The van der Waals surface area contributed by atoms with Gasteiger partial charge in [-0.15, -0.1) is 0 Å². The van der Waals surface area contributed by atoms with E-state index in [4.69, 9.17) is 5.84 Å². The molecule has 0 aliphatic heterocycles. The molecule has 0 spiro atoms. The van der Waals surface area contributed by atoms with Gasteiger partial charge in [-0.3, -0.25) is 0 Å². The van der Waals surface area contributed by atoms with Gasteiger partial charge >= 0.3 is 0 Å². The van der Waals surface area contributed by atoms with Gasteiger partial charge < -0.3 is 5.43 Å². The number of hydrazine groups is 1. The molecule has 3 nitrogen and oxygen atoms in total. The maximum absolute atomic E-state index is 5.15. The standard InChI is InChI=1S/C6H8IN3/c1-4-2-6(10-8)9-3-5(4)7/h2-3H,8H2,1H3,(H,9,10). The highest BCUT2D eigenvalue weighted by molar-refractivity contribution is 14.1. The van der Waals surface area contributed by atoms with Gasteiger partial charge in [-0.25, -0.2) is 10.8 Å². The number of nitrogens with one attached hydrogen (secondary N) is 1. The van der Waals surface area contributed by atoms with Crippen LogP contribution in [0.3, 0.4) is 0 Å². The number of hydrogen-bond donors (Lipinski definition) is 2. The van der Waals surface area contributed by atoms with Crippen molar-refractivity contribution >= 4 is 28.4 Å². The topological polar surface area (TPSA) is 50.9 Å². The monoisotopic (exact) mass is 249 g/mol. The van der Waals surface area contributed by atoms with Crippen LogP contribution in [0.5, 0.6) is 0 Å². The van der Waals surface area contributed by atoms with Crippen LogP contribution >= 0.6 is 22.6 Å². The summed E-state index contributed by atoms with van der Waals surface area (Å²) in [6.07, 6.45) is 1.78. The van der Waals surface area contributed by atoms with Crippen LogP contribution in [-0.2, 0) is 0 Å². The van der Waals surface area contributed by atoms with Crippen molar-refractivity contribution in [1.82, 2.24) is 4.98 Å². The predicted octanol–water partition coefficient (Wildman–Crippen LogP) is 1.28. The molecule has 1 heterocycles. The van der Waals surface area contributed by atoms with Crippen molar-refractivity contribution < 1.29 is 0 Å². The number of nitrogens with two attached hydrogens (primary N) is 1. The van der Waals surface area contributed by atoms with Crippen LogP contribution in [0.4, 0.5) is 5.82 Å². The lowest BCUT2D eigenvalue weighted by atomic mass is 10.3. The Morgan fingerprint density at radius 1 is 1.70 bits per heavy atom. The zero-order valence-electron chi connectivity index (χ0n) is 5.56. The number of aryl methyl sites for hydroxylation is 1. The first-order valence-corrected chi connectivity index (χ1v) is 3.90. The molecule has 10 heavy (non-hydrogen) atoms. The summed E-state index contributed by atoms with van der Waals surface area (Å²) < 4.78 is 1.15. The molecule has 4 heteroatoms. The van der Waals surface area contributed by atoms with Crippen LogP contribution in [0.15, 0.2) is 12.3 Å². The Hall–Kier alpha value is -0.360. The summed E-state index contributed by atoms with van der Waals surface area (Å²) in [6.45, 7) is 2.02. The minimum Gasteiger partial charge on any atom is -0.308 e. The molecule has 0 fully saturated rings. The molecule has 1 rings (SSSR count). The zero-order valence-corrected chi connectivity index (χ0v) is 7.71. The molecule has 0 atom stereocenters. The highest BCUT2D eigenvalue weighted by Gasteiger charge is 1.94. The van der Waals surface area contributed by atoms with Gasteiger partial charge in [-0.05, 0) is 41.1 Å². The first kappa shape index (κ1) is 7.74. The highest BCUT2D eigenvalue weighted by Crippen LogP contribution is 2.12. The lowest BCUT2D eigenvalue weighted by Crippen LogP contribution is -2.08. The summed E-state index contributed by atoms with van der Waals surface area (Å²) in [5.74, 6) is 5.86. The number of aromatic nitrogens is 1. The number of pyridine rings is 1. The molecule has 1 aromatic heterocycles. The summed E-state index contributed by atoms with van der Waals surface area (Å²) in [4.78, 5) is 4.01. The molecule has 0 saturated carbocycles. The highest BCUT2D eigenvalue weighted by atomic mass is 127. The molecule has 54 valence electrons. The number of hydrogen-bond acceptors (Lipinski definition) is 3. The van der Waals surface area contributed by atoms with Crippen LogP contribution in [0.1, 0.15) is 5.56 Å². The molecule has 0 bridgehead atoms. The molecular formula is C6H8IN3. The Labute approximate surface area is 73.1 Å². The van der Waals surface area contributed by atoms with E-state index in [-0.39, 0.29) is 0 Å². The minimum atomic E-state index is 0.706. The van der Waals surface area contributed by atoms with E-state index in [1.54, 1.807) is 6.20 Å². The summed E-state index contributed by atoms with van der Waals surface area (Å²) in [6, 6.07) is 1.90. The van der Waals surface area contributed by atoms with Gasteiger partial charge in [0.1, 0.15) is 5.82 Å². The Bertz CT molecular complexity index is 236. The number of nitrogens with zero attached hydrogens (tertiary/aromatic N) is 1. The van der Waals surface area contributed by atoms with E-state index in [1.165, 1.54) is 5.56 Å². The Morgan fingerprint density at radius 3 is 2.90 bits per heavy atom. The van der Waals surface area contributed by atoms with Gasteiger partial charge in [0.2, 0.25) is 0 Å². The average molecular weight is 249 g/mol. The number of anilines is 1. The van der Waals surface area contributed by atoms with Gasteiger partial charge in [0, 0.05) is 9.77 Å². The second-order valence-electron chi connectivity index (χ2n) is 1.96. The molecule has 0 aliphatic rings. The van der Waals surface area contributed by atoms with Crippen molar-refractivity contribution in [3.8, 4) is 0 Å². The third-order valence-electron chi connectivity index (χ3n) is 1.19. The summed E-state index contributed by atoms with van der Waals surface area (Å²) in [5, 5.41) is 0. The van der Waals surface area contributed by atoms with Crippen molar-refractivity contribution in [2.45, 2.75) is 6.92 Å². The predicted molar refractivity (Wildman–Crippen MR) is 49.5 cm³/mol. The van der Waals surface area contributed by atoms with Crippen molar-refractivity contribution in [2.24, 2.45) is 5.84 Å². The van der Waals surface area contributed by atoms with E-state index >= 15 is 0 Å². The quantitative estimate of drug-likeness (QED) is 0.448. The molecule has 0 amide bonds. The van der Waals surface area contributed by atoms with Crippen molar-refractivity contribution in [3.05, 3.63) is 21.4 Å². The van der Waals surface area contributed by atoms with Gasteiger partial charge in [0.25, 0.3) is 0 Å². The summed E-state index contributed by atoms with van der Waals surface area (Å²) in [5.41, 5.74) is 3.66. The number of halogens is 1. The second-order valence-corrected chi connectivity index (χ2v) is 3.13. The SMILES string of the molecule is Cc1cc(NN)ncc1I. The van der Waals surface area contributed by atoms with E-state index in [0.29, 0.717) is 5.82 Å². The Kier molecular flexibility index (Phi) is 2.44. The lowest BCUT2D eigenvalue weighted by molar-refractivity contribution is 1.19. The largest absolute Gasteiger partial charge is 0.308 e. The maximum atomic E-state index is 5.15. The molecular weight excluding hydrogens is 241 g/mol. The molecule has 1 aromatic rings. The van der Waals surface area contributed by atoms with Gasteiger partial charge in [-0.1, -0.05) is 0 Å². The molecule has 0 radical (unpaired) electrons. The first-order chi connectivity index (χ1) is 4.74. The number of rotatable bonds is 1. The smallest absolute Gasteiger partial charge is 0.140 e. The first-order valence-electron chi connectivity index (χ1n) is 2.83. The van der Waals surface area contributed by atoms with E-state index < -0.39 is 0 Å². The van der Waals surface area contributed by atoms with Crippen LogP contribution < -0.4 is 11.3 Å². The normalized spacial score (nSPS) is 9.50. The minimum absolute atomic E-state index is 0.706. The second kappa shape index (κ2) is 3.16. The van der Waals surface area contributed by atoms with Crippen molar-refractivity contribution in [1.29, 1.82) is 0 Å². The van der Waals surface area contributed by atoms with Gasteiger partial charge in [0.15, 0.2) is 0 Å². The van der Waals surface area contributed by atoms with Crippen molar-refractivity contribution in [3.63, 3.8) is 0 Å². The molecule has 0 aliphatic carbocycles. The fraction of sp³-hybridized carbons (Fsp3) is 0.167. The summed E-state index contributed by atoms with van der Waals surface area (Å²) >= 11 is 2.23. The third kappa shape index (κ3) is 1.57. The summed E-state index contributed by atoms with van der Waals surface area (Å²) in [7, 11) is 0. The third-order valence-corrected chi connectivity index (χ3v) is 2.32. The Balaban J connectivity index is 3.04. The zero-order chi connectivity index (χ0) is 7.56. The average Bonchev–Trinajstić information content (AvgIpc) is 1.95. The van der Waals surface area contributed by atoms with Crippen LogP contribution in [0.25, 0.3) is 0 Å². The van der Waals surface area contributed by atoms with Crippen molar-refractivity contribution in [2.75, 3.05) is 5.43 Å². The fourth-order valence-corrected chi connectivity index (χ4v) is 0.913. The van der Waals surface area contributed by atoms with Crippen LogP contribution in [0, 0.1) is 10.5 Å². The Morgan fingerprint density at radius 2 is 2.40 bits per heavy atom. The number of nitrogen functional groups attached to an aromatic ring is 1. The van der Waals surface area contributed by atoms with E-state index in [9.17, 15) is 0 Å². The van der Waals surface area contributed by atoms with Gasteiger partial charge in [0.05, 0.1) is 0 Å². The maximum Gasteiger partial charge on any atom is 0.140 e. The molecule has 0 saturated heterocycles. The molecule has 0 unspecified atom stereocenters. The molecule has 3 N–H and O–H groups in total. The molecule has 0 aromatic carbocycles. The fourth-order valence-electron chi connectivity index (χ4n) is 0.618. The van der Waals surface area contributed by atoms with Crippen LogP contribution in [-0.4, -0.2) is 4.98 Å². The van der Waals surface area contributed by atoms with E-state index in [1.807, 2.05) is 13.0 Å². The van der Waals surface area contributed by atoms with E-state index in [0.717, 1.165) is 3.57 Å². The van der Waals surface area contributed by atoms with Crippen LogP contribution in [0.2, 0.25) is 0 Å². The van der Waals surface area contributed by atoms with Gasteiger partial charge in [-0.2, -0.15) is 0 Å².